The molecule has 1 aromatic heterocycles. The Bertz CT molecular complexity index is 1440. The van der Waals surface area contributed by atoms with Gasteiger partial charge >= 0.3 is 11.9 Å². The van der Waals surface area contributed by atoms with Crippen LogP contribution in [0.4, 0.5) is 5.13 Å². The zero-order valence-electron chi connectivity index (χ0n) is 20.3. The van der Waals surface area contributed by atoms with Crippen LogP contribution < -0.4 is 9.64 Å². The van der Waals surface area contributed by atoms with Crippen molar-refractivity contribution in [2.24, 2.45) is 0 Å². The van der Waals surface area contributed by atoms with Crippen LogP contribution in [0.15, 0.2) is 60.7 Å². The molecule has 1 atom stereocenters. The van der Waals surface area contributed by atoms with E-state index in [1.54, 1.807) is 62.4 Å². The molecule has 4 rings (SSSR count). The van der Waals surface area contributed by atoms with Gasteiger partial charge in [0, 0.05) is 10.6 Å². The molecule has 1 aliphatic rings. The molecule has 1 amide bonds. The van der Waals surface area contributed by atoms with Gasteiger partial charge in [0.2, 0.25) is 0 Å². The van der Waals surface area contributed by atoms with Crippen molar-refractivity contribution in [1.82, 2.24) is 4.98 Å². The van der Waals surface area contributed by atoms with Gasteiger partial charge in [0.1, 0.15) is 23.0 Å². The number of esters is 1. The zero-order valence-corrected chi connectivity index (χ0v) is 21.9. The van der Waals surface area contributed by atoms with Crippen molar-refractivity contribution >= 4 is 51.5 Å². The number of thiazole rings is 1. The molecule has 8 nitrogen and oxygen atoms in total. The summed E-state index contributed by atoms with van der Waals surface area (Å²) in [6, 6.07) is 10.6. The standard InChI is InChI=1S/C27H23ClN2O6S/c1-5-12-36-18-10-11-19(14(2)13-18)22(31)20-21(16-6-8-17(28)9-7-16)30(25(33)23(20)32)27-29-15(3)24(37-27)26(34)35-4/h5-11,13,21,31H,1,12H2,2-4H3/b22-20-. The number of ether oxygens (including phenoxy) is 2. The van der Waals surface area contributed by atoms with Crippen LogP contribution in [0.1, 0.15) is 38.1 Å². The smallest absolute Gasteiger partial charge is 0.350 e. The van der Waals surface area contributed by atoms with Gasteiger partial charge in [-0.15, -0.1) is 0 Å². The van der Waals surface area contributed by atoms with Gasteiger partial charge in [-0.3, -0.25) is 14.5 Å². The van der Waals surface area contributed by atoms with Crippen LogP contribution in [-0.2, 0) is 14.3 Å². The number of benzene rings is 2. The quantitative estimate of drug-likeness (QED) is 0.141. The predicted octanol–water partition coefficient (Wildman–Crippen LogP) is 5.39. The number of halogens is 1. The number of aromatic nitrogens is 1. The van der Waals surface area contributed by atoms with Crippen molar-refractivity contribution in [3.63, 3.8) is 0 Å². The minimum atomic E-state index is -1.01. The molecule has 37 heavy (non-hydrogen) atoms. The fourth-order valence-corrected chi connectivity index (χ4v) is 5.19. The van der Waals surface area contributed by atoms with Crippen LogP contribution in [0.25, 0.3) is 5.76 Å². The second-order valence-corrected chi connectivity index (χ2v) is 9.61. The summed E-state index contributed by atoms with van der Waals surface area (Å²) >= 11 is 7.01. The second kappa shape index (κ2) is 10.6. The Morgan fingerprint density at radius 3 is 2.54 bits per heavy atom. The molecule has 1 fully saturated rings. The van der Waals surface area contributed by atoms with E-state index in [-0.39, 0.29) is 21.3 Å². The maximum atomic E-state index is 13.4. The highest BCUT2D eigenvalue weighted by Crippen LogP contribution is 2.44. The van der Waals surface area contributed by atoms with Crippen molar-refractivity contribution in [2.45, 2.75) is 19.9 Å². The lowest BCUT2D eigenvalue weighted by atomic mass is 9.94. The topological polar surface area (TPSA) is 106 Å². The van der Waals surface area contributed by atoms with Crippen molar-refractivity contribution < 1.29 is 29.0 Å². The number of hydrogen-bond donors (Lipinski definition) is 1. The van der Waals surface area contributed by atoms with E-state index in [9.17, 15) is 19.5 Å². The number of aliphatic hydroxyl groups excluding tert-OH is 1. The van der Waals surface area contributed by atoms with E-state index in [2.05, 4.69) is 11.6 Å². The number of methoxy groups -OCH3 is 1. The molecule has 2 aromatic carbocycles. The van der Waals surface area contributed by atoms with E-state index in [0.717, 1.165) is 11.3 Å². The number of aliphatic hydroxyl groups is 1. The van der Waals surface area contributed by atoms with Crippen LogP contribution in [0, 0.1) is 13.8 Å². The normalized spacial score (nSPS) is 16.6. The second-order valence-electron chi connectivity index (χ2n) is 8.20. The van der Waals surface area contributed by atoms with Gasteiger partial charge < -0.3 is 14.6 Å². The first kappa shape index (κ1) is 26.1. The monoisotopic (exact) mass is 538 g/mol. The Morgan fingerprint density at radius 2 is 1.92 bits per heavy atom. The fourth-order valence-electron chi connectivity index (χ4n) is 4.05. The maximum absolute atomic E-state index is 13.4. The Morgan fingerprint density at radius 1 is 1.22 bits per heavy atom. The van der Waals surface area contributed by atoms with Crippen LogP contribution >= 0.6 is 22.9 Å². The number of Topliss-reactive ketones (excluding diaryl/α,β-unsaturated/α-hetero) is 1. The highest BCUT2D eigenvalue weighted by atomic mass is 35.5. The molecule has 0 saturated carbocycles. The average molecular weight is 539 g/mol. The molecular weight excluding hydrogens is 516 g/mol. The molecule has 2 heterocycles. The molecule has 1 aliphatic heterocycles. The molecule has 0 spiro atoms. The van der Waals surface area contributed by atoms with Crippen molar-refractivity contribution in [1.29, 1.82) is 0 Å². The summed E-state index contributed by atoms with van der Waals surface area (Å²) in [4.78, 5) is 44.7. The molecule has 1 saturated heterocycles. The number of aryl methyl sites for hydroxylation is 2. The number of hydrogen-bond acceptors (Lipinski definition) is 8. The lowest BCUT2D eigenvalue weighted by Gasteiger charge is -2.23. The lowest BCUT2D eigenvalue weighted by molar-refractivity contribution is -0.132. The number of amides is 1. The Kier molecular flexibility index (Phi) is 7.47. The minimum Gasteiger partial charge on any atom is -0.507 e. The summed E-state index contributed by atoms with van der Waals surface area (Å²) < 4.78 is 10.4. The number of rotatable bonds is 7. The van der Waals surface area contributed by atoms with Gasteiger partial charge in [0.25, 0.3) is 5.78 Å². The van der Waals surface area contributed by atoms with Crippen LogP contribution in [0.3, 0.4) is 0 Å². The van der Waals surface area contributed by atoms with Gasteiger partial charge in [0.05, 0.1) is 24.4 Å². The van der Waals surface area contributed by atoms with Gasteiger partial charge in [0.15, 0.2) is 5.13 Å². The minimum absolute atomic E-state index is 0.109. The number of nitrogens with zero attached hydrogens (tertiary/aromatic N) is 2. The number of ketones is 1. The van der Waals surface area contributed by atoms with E-state index in [4.69, 9.17) is 21.1 Å². The lowest BCUT2D eigenvalue weighted by Crippen LogP contribution is -2.29. The molecule has 10 heteroatoms. The number of carbonyl (C=O) groups excluding carboxylic acids is 3. The fraction of sp³-hybridized carbons (Fsp3) is 0.185. The number of anilines is 1. The first-order chi connectivity index (χ1) is 17.7. The maximum Gasteiger partial charge on any atom is 0.350 e. The van der Waals surface area contributed by atoms with Gasteiger partial charge in [-0.25, -0.2) is 9.78 Å². The third kappa shape index (κ3) is 4.87. The molecule has 3 aromatic rings. The van der Waals surface area contributed by atoms with Crippen molar-refractivity contribution in [2.75, 3.05) is 18.6 Å². The summed E-state index contributed by atoms with van der Waals surface area (Å²) in [6.45, 7) is 7.31. The third-order valence-electron chi connectivity index (χ3n) is 5.81. The van der Waals surface area contributed by atoms with Crippen molar-refractivity contribution in [3.05, 3.63) is 93.0 Å². The van der Waals surface area contributed by atoms with E-state index >= 15 is 0 Å². The summed E-state index contributed by atoms with van der Waals surface area (Å²) in [5.41, 5.74) is 1.78. The first-order valence-electron chi connectivity index (χ1n) is 11.1. The summed E-state index contributed by atoms with van der Waals surface area (Å²) in [5.74, 6) is -2.13. The SMILES string of the molecule is C=CCOc1ccc(/C(O)=C2/C(=O)C(=O)N(c3nc(C)c(C(=O)OC)s3)C2c2ccc(Cl)cc2)c(C)c1. The highest BCUT2D eigenvalue weighted by molar-refractivity contribution is 7.17. The summed E-state index contributed by atoms with van der Waals surface area (Å²) in [6.07, 6.45) is 1.61. The van der Waals surface area contributed by atoms with Crippen molar-refractivity contribution in [3.8, 4) is 5.75 Å². The van der Waals surface area contributed by atoms with Gasteiger partial charge in [-0.1, -0.05) is 47.7 Å². The Balaban J connectivity index is 1.89. The average Bonchev–Trinajstić information content (AvgIpc) is 3.39. The highest BCUT2D eigenvalue weighted by Gasteiger charge is 2.48. The molecule has 1 unspecified atom stereocenters. The Labute approximate surface area is 222 Å². The van der Waals surface area contributed by atoms with Crippen LogP contribution in [-0.4, -0.2) is 41.5 Å². The molecule has 1 N–H and O–H groups in total. The van der Waals surface area contributed by atoms with Gasteiger partial charge in [-0.05, 0) is 55.3 Å². The largest absolute Gasteiger partial charge is 0.507 e. The van der Waals surface area contributed by atoms with E-state index in [0.29, 0.717) is 39.8 Å². The van der Waals surface area contributed by atoms with E-state index < -0.39 is 23.7 Å². The zero-order chi connectivity index (χ0) is 26.9. The molecule has 0 aliphatic carbocycles. The summed E-state index contributed by atoms with van der Waals surface area (Å²) in [5, 5.41) is 12.0. The van der Waals surface area contributed by atoms with Crippen LogP contribution in [0.5, 0.6) is 5.75 Å². The molecule has 190 valence electrons. The van der Waals surface area contributed by atoms with Gasteiger partial charge in [-0.2, -0.15) is 0 Å². The molecular formula is C27H23ClN2O6S. The van der Waals surface area contributed by atoms with E-state index in [1.807, 2.05) is 0 Å². The summed E-state index contributed by atoms with van der Waals surface area (Å²) in [7, 11) is 1.25. The Hall–Kier alpha value is -3.95. The van der Waals surface area contributed by atoms with Crippen LogP contribution in [0.2, 0.25) is 5.02 Å². The third-order valence-corrected chi connectivity index (χ3v) is 7.20. The molecule has 0 radical (unpaired) electrons. The number of carbonyl (C=O) groups is 3. The first-order valence-corrected chi connectivity index (χ1v) is 12.3. The predicted molar refractivity (Wildman–Crippen MR) is 141 cm³/mol. The molecule has 0 bridgehead atoms. The van der Waals surface area contributed by atoms with E-state index in [1.165, 1.54) is 12.0 Å².